The van der Waals surface area contributed by atoms with Crippen LogP contribution in [0.5, 0.6) is 0 Å². The van der Waals surface area contributed by atoms with E-state index in [0.717, 1.165) is 28.3 Å². The van der Waals surface area contributed by atoms with Crippen molar-refractivity contribution in [2.24, 2.45) is 0 Å². The van der Waals surface area contributed by atoms with Crippen LogP contribution in [0, 0.1) is 0 Å². The van der Waals surface area contributed by atoms with E-state index in [1.165, 1.54) is 9.13 Å². The average Bonchev–Trinajstić information content (AvgIpc) is 1.57. The van der Waals surface area contributed by atoms with Crippen LogP contribution in [-0.2, 0) is 0 Å². The molecule has 0 unspecified atom stereocenters. The van der Waals surface area contributed by atoms with Crippen LogP contribution >= 0.6 is 11.3 Å². The second-order valence-corrected chi connectivity index (χ2v) is 14.1. The molecule has 0 saturated heterocycles. The van der Waals surface area contributed by atoms with Gasteiger partial charge in [0.25, 0.3) is 0 Å². The lowest BCUT2D eigenvalue weighted by atomic mass is 10.0. The van der Waals surface area contributed by atoms with E-state index in [1.807, 2.05) is 0 Å². The average molecular weight is 784 g/mol. The highest BCUT2D eigenvalue weighted by atomic mass is 32.1. The lowest BCUT2D eigenvalue weighted by Crippen LogP contribution is -1.98. The predicted molar refractivity (Wildman–Crippen MR) is 243 cm³/mol. The van der Waals surface area contributed by atoms with Crippen LogP contribution in [-0.4, -0.2) is 23.7 Å². The minimum absolute atomic E-state index is 0.120. The molecule has 5 heterocycles. The van der Waals surface area contributed by atoms with Gasteiger partial charge in [-0.25, -0.2) is 9.97 Å². The smallest absolute Gasteiger partial charge is 0.159 e. The summed E-state index contributed by atoms with van der Waals surface area (Å²) in [5, 5.41) is -1.15. The summed E-state index contributed by atoms with van der Waals surface area (Å²) in [5.41, 5.74) is -2.99. The molecule has 0 N–H and O–H groups in total. The fraction of sp³-hybridized carbons (Fsp3) is 0. The summed E-state index contributed by atoms with van der Waals surface area (Å²) in [5.74, 6) is -0.120. The van der Waals surface area contributed by atoms with Crippen molar-refractivity contribution in [3.8, 4) is 28.3 Å². The van der Waals surface area contributed by atoms with Crippen LogP contribution in [0.25, 0.3) is 114 Å². The number of nitrogens with zero attached hydrogens (tertiary/aromatic N) is 5. The number of thiophene rings is 1. The van der Waals surface area contributed by atoms with E-state index < -0.39 is 185 Å². The number of aromatic nitrogens is 5. The van der Waals surface area contributed by atoms with E-state index in [4.69, 9.17) is 26.0 Å². The van der Waals surface area contributed by atoms with Crippen molar-refractivity contribution in [3.63, 3.8) is 0 Å². The quantitative estimate of drug-likeness (QED) is 0.178. The molecule has 0 atom stereocenters. The molecule has 8 aromatic carbocycles. The Bertz CT molecular complexity index is 5250. The second-order valence-electron chi connectivity index (χ2n) is 13.1. The van der Waals surface area contributed by atoms with Crippen molar-refractivity contribution in [1.29, 1.82) is 0 Å². The van der Waals surface area contributed by atoms with Gasteiger partial charge in [-0.05, 0) is 83.7 Å². The molecule has 0 amide bonds. The van der Waals surface area contributed by atoms with Crippen LogP contribution in [0.3, 0.4) is 0 Å². The van der Waals surface area contributed by atoms with Gasteiger partial charge in [0.1, 0.15) is 6.33 Å². The Balaban J connectivity index is 1.14. The normalized spacial score (nSPS) is 18.4. The van der Waals surface area contributed by atoms with E-state index in [2.05, 4.69) is 9.97 Å². The van der Waals surface area contributed by atoms with Crippen molar-refractivity contribution in [2.45, 2.75) is 0 Å². The summed E-state index contributed by atoms with van der Waals surface area (Å²) in [6.45, 7) is 0. The van der Waals surface area contributed by atoms with Crippen LogP contribution < -0.4 is 0 Å². The molecule has 5 nitrogen and oxygen atoms in total. The first-order valence-electron chi connectivity index (χ1n) is 30.4. The van der Waals surface area contributed by atoms with Crippen LogP contribution in [0.15, 0.2) is 188 Å². The van der Waals surface area contributed by atoms with Gasteiger partial charge in [0.15, 0.2) is 5.82 Å². The van der Waals surface area contributed by atoms with Gasteiger partial charge in [-0.2, -0.15) is 0 Å². The number of hydrogen-bond donors (Lipinski definition) is 0. The molecular formula is C52H31N5S. The van der Waals surface area contributed by atoms with E-state index >= 15 is 0 Å². The maximum absolute atomic E-state index is 10.1. The molecule has 6 heteroatoms. The van der Waals surface area contributed by atoms with Gasteiger partial charge < -0.3 is 9.13 Å². The molecule has 0 radical (unpaired) electrons. The van der Waals surface area contributed by atoms with Gasteiger partial charge in [-0.1, -0.05) is 109 Å². The van der Waals surface area contributed by atoms with Crippen LogP contribution in [0.1, 0.15) is 35.6 Å². The fourth-order valence-electron chi connectivity index (χ4n) is 7.69. The summed E-state index contributed by atoms with van der Waals surface area (Å²) in [6.07, 6.45) is 1.12. The molecule has 0 aliphatic heterocycles. The molecule has 0 bridgehead atoms. The predicted octanol–water partition coefficient (Wildman–Crippen LogP) is 13.8. The fourth-order valence-corrected chi connectivity index (χ4v) is 8.81. The Hall–Kier alpha value is -7.54. The SMILES string of the molecule is [2H]c1c([2H])c([2H])c(-n2c3c([2H])c([2H])c(-c4c([2H])c([2H])c5c6c([2H])c([2H])c([2H])c([2H])c6n(-c6ncnc7c6sc6ccc(-n8c9c([2H])c([2H])c([2H])c([2H])c9c9c([2H])c([2H])c([2H])c([2H])c98)cc67)c5c4[2H])cc3c3c([2H])c([2H])c([2H])c([2H])c32)c([2H])c1[2H]. The minimum Gasteiger partial charge on any atom is -0.309 e. The van der Waals surface area contributed by atoms with Crippen LogP contribution in [0.2, 0.25) is 0 Å². The summed E-state index contributed by atoms with van der Waals surface area (Å²) >= 11 is 1.07. The molecule has 13 rings (SSSR count). The first-order valence-corrected chi connectivity index (χ1v) is 18.3. The third kappa shape index (κ3) is 4.40. The van der Waals surface area contributed by atoms with Gasteiger partial charge >= 0.3 is 0 Å². The van der Waals surface area contributed by atoms with E-state index in [9.17, 15) is 9.60 Å². The highest BCUT2D eigenvalue weighted by Crippen LogP contribution is 2.42. The summed E-state index contributed by atoms with van der Waals surface area (Å²) in [7, 11) is 0. The Kier molecular flexibility index (Phi) is 3.26. The van der Waals surface area contributed by atoms with Crippen molar-refractivity contribution >= 4 is 97.1 Å². The third-order valence-electron chi connectivity index (χ3n) is 10.1. The second kappa shape index (κ2) is 12.0. The zero-order valence-electron chi connectivity index (χ0n) is 55.0. The zero-order chi connectivity index (χ0) is 60.5. The zero-order valence-corrected chi connectivity index (χ0v) is 29.8. The van der Waals surface area contributed by atoms with Gasteiger partial charge in [0, 0.05) is 53.8 Å². The van der Waals surface area contributed by atoms with Gasteiger partial charge in [-0.3, -0.25) is 4.57 Å². The van der Waals surface area contributed by atoms with Gasteiger partial charge in [-0.15, -0.1) is 11.3 Å². The molecule has 58 heavy (non-hydrogen) atoms. The number of benzene rings is 8. The summed E-state index contributed by atoms with van der Waals surface area (Å²) in [4.78, 5) is 9.25. The largest absolute Gasteiger partial charge is 0.309 e. The van der Waals surface area contributed by atoms with Crippen molar-refractivity contribution < 1.29 is 35.6 Å². The van der Waals surface area contributed by atoms with Gasteiger partial charge in [0.2, 0.25) is 0 Å². The molecule has 0 aliphatic rings. The van der Waals surface area contributed by atoms with E-state index in [1.54, 1.807) is 18.2 Å². The Morgan fingerprint density at radius 1 is 0.414 bits per heavy atom. The summed E-state index contributed by atoms with van der Waals surface area (Å²) < 4.78 is 237. The molecule has 270 valence electrons. The number of para-hydroxylation sites is 5. The van der Waals surface area contributed by atoms with E-state index in [-0.39, 0.29) is 76.1 Å². The lowest BCUT2D eigenvalue weighted by Gasteiger charge is -2.10. The highest BCUT2D eigenvalue weighted by molar-refractivity contribution is 7.26. The monoisotopic (exact) mass is 783 g/mol. The summed E-state index contributed by atoms with van der Waals surface area (Å²) in [6, 6.07) is -12.3. The van der Waals surface area contributed by atoms with Crippen molar-refractivity contribution in [2.75, 3.05) is 0 Å². The standard InChI is InChI=1S/C52H31N5S/c1-2-12-34(13-3-1)55-45-20-10-7-17-39(45)41-28-32(23-26-47(41)55)33-22-25-40-38-16-6-11-21-46(38)57(48(40)29-33)52-51-50(53-31-54-52)42-30-35(24-27-49(42)58-51)56-43-18-8-4-14-36(43)37-15-5-9-19-44(37)56/h1-31H/i1D,2D,3D,4D,5D,6D,7D,8D,9D,10D,11D,12D,13D,14D,15D,16D,17D,18D,19D,20D,21D,22D,23D,25D,26D,29D. The van der Waals surface area contributed by atoms with Crippen molar-refractivity contribution in [3.05, 3.63) is 188 Å². The molecular weight excluding hydrogens is 727 g/mol. The third-order valence-corrected chi connectivity index (χ3v) is 11.3. The van der Waals surface area contributed by atoms with Crippen LogP contribution in [0.4, 0.5) is 0 Å². The molecule has 0 aliphatic carbocycles. The number of rotatable bonds is 4. The number of hydrogen-bond acceptors (Lipinski definition) is 3. The first-order chi connectivity index (χ1) is 39.6. The minimum atomic E-state index is -0.815. The highest BCUT2D eigenvalue weighted by Gasteiger charge is 2.21. The molecule has 13 aromatic rings. The molecule has 5 aromatic heterocycles. The molecule has 0 spiro atoms. The number of fused-ring (bicyclic) bond motifs is 12. The molecule has 0 saturated carbocycles. The maximum Gasteiger partial charge on any atom is 0.159 e. The Labute approximate surface area is 372 Å². The lowest BCUT2D eigenvalue weighted by molar-refractivity contribution is 1.08. The van der Waals surface area contributed by atoms with Crippen molar-refractivity contribution in [1.82, 2.24) is 23.7 Å². The first kappa shape index (κ1) is 15.8. The van der Waals surface area contributed by atoms with Gasteiger partial charge in [0.05, 0.1) is 79.0 Å². The Morgan fingerprint density at radius 2 is 0.966 bits per heavy atom. The molecule has 0 fully saturated rings. The topological polar surface area (TPSA) is 40.6 Å². The maximum atomic E-state index is 10.1. The Morgan fingerprint density at radius 3 is 1.66 bits per heavy atom. The van der Waals surface area contributed by atoms with E-state index in [0.29, 0.717) is 10.1 Å².